The van der Waals surface area contributed by atoms with Gasteiger partial charge in [-0.2, -0.15) is 5.10 Å². The highest BCUT2D eigenvalue weighted by atomic mass is 32.1. The van der Waals surface area contributed by atoms with Crippen molar-refractivity contribution < 1.29 is 81.2 Å². The van der Waals surface area contributed by atoms with Crippen LogP contribution in [-0.2, 0) is 47.7 Å². The van der Waals surface area contributed by atoms with E-state index in [9.17, 15) is 28.8 Å². The minimum atomic E-state index is -0.623. The van der Waals surface area contributed by atoms with E-state index < -0.39 is 59.5 Å². The van der Waals surface area contributed by atoms with Crippen LogP contribution in [0, 0.1) is 23.7 Å². The van der Waals surface area contributed by atoms with Gasteiger partial charge in [0.2, 0.25) is 18.7 Å². The number of hydrogen-bond acceptors (Lipinski definition) is 21. The van der Waals surface area contributed by atoms with Crippen LogP contribution in [0.2, 0.25) is 0 Å². The van der Waals surface area contributed by atoms with Crippen LogP contribution in [0.1, 0.15) is 56.9 Å². The largest absolute Gasteiger partial charge is 0.457 e. The molecule has 0 amide bonds. The molecule has 20 nitrogen and oxygen atoms in total. The summed E-state index contributed by atoms with van der Waals surface area (Å²) in [6.45, 7) is 7.24. The Hall–Kier alpha value is -7.98. The first-order chi connectivity index (χ1) is 37.5. The van der Waals surface area contributed by atoms with Gasteiger partial charge >= 0.3 is 35.8 Å². The minimum absolute atomic E-state index is 0.0962. The van der Waals surface area contributed by atoms with Gasteiger partial charge in [0.1, 0.15) is 34.5 Å². The second-order valence-corrected chi connectivity index (χ2v) is 18.6. The van der Waals surface area contributed by atoms with Gasteiger partial charge in [-0.25, -0.2) is 19.6 Å². The summed E-state index contributed by atoms with van der Waals surface area (Å²) < 4.78 is 55.7. The normalized spacial score (nSPS) is 17.1. The molecule has 0 saturated heterocycles. The first-order valence-electron chi connectivity index (χ1n) is 25.0. The van der Waals surface area contributed by atoms with Crippen molar-refractivity contribution >= 4 is 68.7 Å². The third-order valence-electron chi connectivity index (χ3n) is 12.4. The second-order valence-electron chi connectivity index (χ2n) is 17.6. The van der Waals surface area contributed by atoms with E-state index in [1.807, 2.05) is 24.3 Å². The van der Waals surface area contributed by atoms with E-state index in [1.54, 1.807) is 59.6 Å². The average molecular weight is 1080 g/mol. The van der Waals surface area contributed by atoms with E-state index in [-0.39, 0.29) is 58.1 Å². The molecule has 7 rings (SSSR count). The molecule has 1 aromatic heterocycles. The van der Waals surface area contributed by atoms with Crippen LogP contribution in [0.3, 0.4) is 0 Å². The van der Waals surface area contributed by atoms with Gasteiger partial charge in [-0.3, -0.25) is 19.2 Å². The fraction of sp³-hybridized carbons (Fsp3) is 0.357. The van der Waals surface area contributed by atoms with Crippen molar-refractivity contribution in [2.75, 3.05) is 58.2 Å². The molecule has 1 N–H and O–H groups in total. The number of aliphatic hydroxyl groups is 1. The number of aliphatic hydroxyl groups excluding tert-OH is 1. The highest BCUT2D eigenvalue weighted by Gasteiger charge is 2.34. The number of aromatic nitrogens is 1. The summed E-state index contributed by atoms with van der Waals surface area (Å²) in [5, 5.41) is 16.1. The molecular weight excluding hydrogens is 1020 g/mol. The molecule has 5 aromatic rings. The highest BCUT2D eigenvalue weighted by Crippen LogP contribution is 2.35. The number of benzene rings is 4. The number of thiazole rings is 1. The lowest BCUT2D eigenvalue weighted by Crippen LogP contribution is -2.30. The fourth-order valence-corrected chi connectivity index (χ4v) is 9.13. The average Bonchev–Trinajstić information content (AvgIpc) is 3.90. The molecule has 77 heavy (non-hydrogen) atoms. The zero-order valence-electron chi connectivity index (χ0n) is 42.2. The Morgan fingerprint density at radius 1 is 0.584 bits per heavy atom. The quantitative estimate of drug-likeness (QED) is 0.00998. The predicted molar refractivity (Wildman–Crippen MR) is 280 cm³/mol. The van der Waals surface area contributed by atoms with Gasteiger partial charge < -0.3 is 52.5 Å². The molecule has 2 aliphatic rings. The van der Waals surface area contributed by atoms with E-state index >= 15 is 0 Å². The summed E-state index contributed by atoms with van der Waals surface area (Å²) in [5.74, 6) is -3.26. The van der Waals surface area contributed by atoms with Crippen LogP contribution >= 0.6 is 11.3 Å². The van der Waals surface area contributed by atoms with Crippen LogP contribution < -0.4 is 33.4 Å². The van der Waals surface area contributed by atoms with Crippen molar-refractivity contribution in [3.8, 4) is 34.5 Å². The molecule has 0 unspecified atom stereocenters. The minimum Gasteiger partial charge on any atom is -0.457 e. The van der Waals surface area contributed by atoms with E-state index in [4.69, 9.17) is 62.6 Å². The number of carbonyl (C=O) groups is 6. The summed E-state index contributed by atoms with van der Waals surface area (Å²) in [6, 6.07) is 24.8. The van der Waals surface area contributed by atoms with Crippen molar-refractivity contribution in [1.29, 1.82) is 0 Å². The summed E-state index contributed by atoms with van der Waals surface area (Å²) in [5.41, 5.74) is 1.10. The van der Waals surface area contributed by atoms with E-state index in [0.29, 0.717) is 91.7 Å². The second kappa shape index (κ2) is 29.4. The number of fused-ring (bicyclic) bond motifs is 1. The number of nitrogens with zero attached hydrogens (tertiary/aromatic N) is 3. The van der Waals surface area contributed by atoms with Gasteiger partial charge in [0.25, 0.3) is 0 Å². The number of para-hydroxylation sites is 1. The lowest BCUT2D eigenvalue weighted by molar-refractivity contribution is -0.145. The topological polar surface area (TPSA) is 243 Å². The van der Waals surface area contributed by atoms with Crippen molar-refractivity contribution in [1.82, 2.24) is 4.98 Å². The fourth-order valence-electron chi connectivity index (χ4n) is 8.18. The molecule has 0 spiro atoms. The summed E-state index contributed by atoms with van der Waals surface area (Å²) >= 11 is 1.43. The summed E-state index contributed by atoms with van der Waals surface area (Å²) in [7, 11) is 0. The molecule has 4 aromatic carbocycles. The maximum absolute atomic E-state index is 13.9. The Bertz CT molecular complexity index is 2800. The van der Waals surface area contributed by atoms with Crippen molar-refractivity contribution in [2.24, 2.45) is 28.8 Å². The Labute approximate surface area is 448 Å². The zero-order valence-corrected chi connectivity index (χ0v) is 43.0. The van der Waals surface area contributed by atoms with Gasteiger partial charge in [0.15, 0.2) is 0 Å². The summed E-state index contributed by atoms with van der Waals surface area (Å²) in [4.78, 5) is 81.2. The molecule has 0 radical (unpaired) electrons. The molecule has 2 aliphatic carbocycles. The number of rotatable bonds is 27. The predicted octanol–water partition coefficient (Wildman–Crippen LogP) is 7.93. The number of anilines is 1. The number of carbonyl (C=O) groups excluding carboxylic acids is 6. The maximum Gasteiger partial charge on any atom is 0.333 e. The van der Waals surface area contributed by atoms with Gasteiger partial charge in [0, 0.05) is 17.7 Å². The Morgan fingerprint density at radius 3 is 1.53 bits per heavy atom. The lowest BCUT2D eigenvalue weighted by atomic mass is 9.82. The molecule has 406 valence electrons. The number of esters is 6. The van der Waals surface area contributed by atoms with Crippen molar-refractivity contribution in [2.45, 2.75) is 51.4 Å². The Balaban J connectivity index is 0.988. The van der Waals surface area contributed by atoms with E-state index in [1.165, 1.54) is 29.7 Å². The monoisotopic (exact) mass is 1080 g/mol. The smallest absolute Gasteiger partial charge is 0.333 e. The molecule has 2 saturated carbocycles. The van der Waals surface area contributed by atoms with Gasteiger partial charge in [-0.15, -0.1) is 0 Å². The van der Waals surface area contributed by atoms with E-state index in [0.717, 1.165) is 22.4 Å². The zero-order chi connectivity index (χ0) is 54.4. The highest BCUT2D eigenvalue weighted by molar-refractivity contribution is 7.22. The number of hydrogen-bond donors (Lipinski definition) is 1. The molecular formula is C56H59N3O17S. The molecule has 21 heteroatoms. The third-order valence-corrected chi connectivity index (χ3v) is 13.4. The third kappa shape index (κ3) is 17.5. The molecule has 0 aliphatic heterocycles. The van der Waals surface area contributed by atoms with Gasteiger partial charge in [0.05, 0.1) is 79.7 Å². The Kier molecular flexibility index (Phi) is 21.6. The SMILES string of the molecule is C=CC(=O)OCOc1ccc(OC(=O)C2CCC(C(=O)Oc3ccc(OC(=O)C4CCC(C(=O)Oc5ccc(OCOC(=O)C=C)cc5)CC4)c(/C=N/N(CCOCCOCCO)c4nc5ccccc5s4)c3)CC2)cc1. The molecule has 0 atom stereocenters. The Morgan fingerprint density at radius 2 is 1.04 bits per heavy atom. The standard InChI is InChI=1S/C56H59N3O17S/c1-3-50(61)71-35-69-42-17-21-44(22-18-42)73-52(63)37-9-11-39(12-10-37)54(65)75-46-25-26-48(41(33-46)34-57-59(27-29-67-31-32-68-30-28-60)56-58-47-7-5-6-8-49(47)77-56)76-55(66)40-15-13-38(14-16-40)53(64)74-45-23-19-43(20-24-45)70-36-72-51(62)4-2/h3-8,17-26,33-34,37-40,60H,1-2,9-16,27-32,35-36H2/b57-34+. The number of ether oxygens (including phenoxy) is 10. The van der Waals surface area contributed by atoms with Crippen LogP contribution in [0.4, 0.5) is 5.13 Å². The van der Waals surface area contributed by atoms with Crippen molar-refractivity contribution in [3.05, 3.63) is 122 Å². The van der Waals surface area contributed by atoms with Gasteiger partial charge in [-0.1, -0.05) is 36.6 Å². The van der Waals surface area contributed by atoms with Crippen LogP contribution in [0.25, 0.3) is 10.2 Å². The first-order valence-corrected chi connectivity index (χ1v) is 25.8. The van der Waals surface area contributed by atoms with Crippen LogP contribution in [0.15, 0.2) is 121 Å². The van der Waals surface area contributed by atoms with E-state index in [2.05, 4.69) is 13.2 Å². The van der Waals surface area contributed by atoms with Crippen molar-refractivity contribution in [3.63, 3.8) is 0 Å². The molecule has 1 heterocycles. The maximum atomic E-state index is 13.9. The van der Waals surface area contributed by atoms with Crippen LogP contribution in [0.5, 0.6) is 34.5 Å². The lowest BCUT2D eigenvalue weighted by Gasteiger charge is -2.26. The van der Waals surface area contributed by atoms with Crippen LogP contribution in [-0.4, -0.2) is 105 Å². The summed E-state index contributed by atoms with van der Waals surface area (Å²) in [6.07, 6.45) is 6.61. The number of hydrazone groups is 1. The van der Waals surface area contributed by atoms with Gasteiger partial charge in [-0.05, 0) is 130 Å². The molecule has 2 fully saturated rings. The molecule has 0 bridgehead atoms. The first kappa shape index (κ1) is 56.7.